The van der Waals surface area contributed by atoms with Crippen LogP contribution < -0.4 is 10.6 Å². The zero-order valence-electron chi connectivity index (χ0n) is 15.4. The van der Waals surface area contributed by atoms with E-state index >= 15 is 0 Å². The van der Waals surface area contributed by atoms with E-state index in [0.29, 0.717) is 0 Å². The average molecular weight is 374 g/mol. The molecule has 0 radical (unpaired) electrons. The summed E-state index contributed by atoms with van der Waals surface area (Å²) in [5.41, 5.74) is 3.52. The van der Waals surface area contributed by atoms with E-state index in [-0.39, 0.29) is 0 Å². The van der Waals surface area contributed by atoms with Gasteiger partial charge >= 0.3 is 0 Å². The smallest absolute Gasteiger partial charge is 0.164 e. The summed E-state index contributed by atoms with van der Waals surface area (Å²) >= 11 is 0. The van der Waals surface area contributed by atoms with Gasteiger partial charge in [-0.1, -0.05) is 105 Å². The number of rotatable bonds is 3. The SMILES string of the molecule is C[Si](C)(C)C1=C(c2ccccc2)c2ccccc2P1(=O)c1ccccc1. The van der Waals surface area contributed by atoms with E-state index in [1.807, 2.05) is 42.5 Å². The molecule has 0 fully saturated rings. The molecule has 4 rings (SSSR count). The van der Waals surface area contributed by atoms with Gasteiger partial charge < -0.3 is 4.57 Å². The van der Waals surface area contributed by atoms with Crippen LogP contribution in [0, 0.1) is 0 Å². The molecule has 3 aromatic rings. The van der Waals surface area contributed by atoms with Crippen LogP contribution in [0.4, 0.5) is 0 Å². The van der Waals surface area contributed by atoms with Crippen LogP contribution in [0.5, 0.6) is 0 Å². The first-order valence-electron chi connectivity index (χ1n) is 9.00. The van der Waals surface area contributed by atoms with Crippen molar-refractivity contribution in [2.45, 2.75) is 19.6 Å². The minimum atomic E-state index is -2.82. The average Bonchev–Trinajstić information content (AvgIpc) is 2.94. The third-order valence-electron chi connectivity index (χ3n) is 4.96. The Kier molecular flexibility index (Phi) is 4.14. The molecule has 0 N–H and O–H groups in total. The van der Waals surface area contributed by atoms with Gasteiger partial charge in [0, 0.05) is 10.6 Å². The fourth-order valence-electron chi connectivity index (χ4n) is 4.02. The topological polar surface area (TPSA) is 17.1 Å². The molecule has 26 heavy (non-hydrogen) atoms. The van der Waals surface area contributed by atoms with Gasteiger partial charge in [0.05, 0.1) is 8.07 Å². The number of hydrogen-bond acceptors (Lipinski definition) is 1. The predicted molar refractivity (Wildman–Crippen MR) is 116 cm³/mol. The Hall–Kier alpha value is -2.15. The third kappa shape index (κ3) is 2.56. The molecule has 0 saturated heterocycles. The van der Waals surface area contributed by atoms with Crippen molar-refractivity contribution in [3.8, 4) is 0 Å². The summed E-state index contributed by atoms with van der Waals surface area (Å²) in [6, 6.07) is 28.8. The zero-order chi connectivity index (χ0) is 18.4. The molecule has 1 unspecified atom stereocenters. The van der Waals surface area contributed by atoms with Crippen molar-refractivity contribution in [3.05, 3.63) is 101 Å². The molecule has 1 aliphatic heterocycles. The van der Waals surface area contributed by atoms with Crippen molar-refractivity contribution in [1.82, 2.24) is 0 Å². The second-order valence-corrected chi connectivity index (χ2v) is 15.9. The van der Waals surface area contributed by atoms with E-state index in [9.17, 15) is 4.57 Å². The van der Waals surface area contributed by atoms with Crippen LogP contribution in [-0.4, -0.2) is 8.07 Å². The van der Waals surface area contributed by atoms with Gasteiger partial charge in [-0.3, -0.25) is 0 Å². The summed E-state index contributed by atoms with van der Waals surface area (Å²) in [4.78, 5) is 1.20. The molecule has 1 nitrogen and oxygen atoms in total. The van der Waals surface area contributed by atoms with Crippen LogP contribution in [0.25, 0.3) is 5.57 Å². The van der Waals surface area contributed by atoms with Gasteiger partial charge in [-0.25, -0.2) is 0 Å². The minimum absolute atomic E-state index is 0.954. The molecule has 0 aromatic heterocycles. The zero-order valence-corrected chi connectivity index (χ0v) is 17.3. The van der Waals surface area contributed by atoms with Crippen LogP contribution in [0.1, 0.15) is 11.1 Å². The molecule has 1 aliphatic rings. The maximum absolute atomic E-state index is 14.8. The molecule has 1 atom stereocenters. The second kappa shape index (κ2) is 6.23. The van der Waals surface area contributed by atoms with Gasteiger partial charge in [-0.15, -0.1) is 0 Å². The Morgan fingerprint density at radius 3 is 1.85 bits per heavy atom. The highest BCUT2D eigenvalue weighted by Crippen LogP contribution is 2.63. The first-order chi connectivity index (χ1) is 12.4. The fourth-order valence-corrected chi connectivity index (χ4v) is 12.3. The highest BCUT2D eigenvalue weighted by molar-refractivity contribution is 7.86. The highest BCUT2D eigenvalue weighted by atomic mass is 31.2. The summed E-state index contributed by atoms with van der Waals surface area (Å²) in [7, 11) is -4.69. The number of fused-ring (bicyclic) bond motifs is 1. The van der Waals surface area contributed by atoms with Gasteiger partial charge in [-0.05, 0) is 21.6 Å². The van der Waals surface area contributed by atoms with E-state index < -0.39 is 15.2 Å². The monoisotopic (exact) mass is 374 g/mol. The highest BCUT2D eigenvalue weighted by Gasteiger charge is 2.47. The quantitative estimate of drug-likeness (QED) is 0.428. The second-order valence-electron chi connectivity index (χ2n) is 7.80. The van der Waals surface area contributed by atoms with Crippen molar-refractivity contribution in [1.29, 1.82) is 0 Å². The number of hydrogen-bond donors (Lipinski definition) is 0. The van der Waals surface area contributed by atoms with Crippen LogP contribution in [-0.2, 0) is 4.57 Å². The summed E-state index contributed by atoms with van der Waals surface area (Å²) in [5.74, 6) is 0. The third-order valence-corrected chi connectivity index (χ3v) is 12.5. The Bertz CT molecular complexity index is 1030. The summed E-state index contributed by atoms with van der Waals surface area (Å²) < 4.78 is 14.8. The van der Waals surface area contributed by atoms with E-state index in [1.165, 1.54) is 16.1 Å². The Balaban J connectivity index is 2.15. The van der Waals surface area contributed by atoms with Gasteiger partial charge in [0.25, 0.3) is 0 Å². The lowest BCUT2D eigenvalue weighted by Gasteiger charge is -2.28. The molecule has 0 spiro atoms. The number of benzene rings is 3. The molecule has 0 bridgehead atoms. The lowest BCUT2D eigenvalue weighted by molar-refractivity contribution is 0.592. The standard InChI is InChI=1S/C23H23OPSi/c1-26(2,3)23-22(18-12-6-4-7-13-18)20-16-10-11-17-21(20)25(23,24)19-14-8-5-9-15-19/h4-17H,1-3H3. The van der Waals surface area contributed by atoms with Crippen LogP contribution >= 0.6 is 7.14 Å². The lowest BCUT2D eigenvalue weighted by atomic mass is 10.00. The van der Waals surface area contributed by atoms with Gasteiger partial charge in [0.2, 0.25) is 0 Å². The first-order valence-corrected chi connectivity index (χ1v) is 14.2. The molecule has 130 valence electrons. The van der Waals surface area contributed by atoms with E-state index in [4.69, 9.17) is 0 Å². The normalized spacial score (nSPS) is 19.5. The van der Waals surface area contributed by atoms with Gasteiger partial charge in [-0.2, -0.15) is 0 Å². The molecule has 1 heterocycles. The van der Waals surface area contributed by atoms with Crippen LogP contribution in [0.15, 0.2) is 89.9 Å². The van der Waals surface area contributed by atoms with Crippen LogP contribution in [0.2, 0.25) is 19.6 Å². The van der Waals surface area contributed by atoms with Crippen LogP contribution in [0.3, 0.4) is 0 Å². The molecule has 0 saturated carbocycles. The molecule has 0 aliphatic carbocycles. The van der Waals surface area contributed by atoms with Crippen molar-refractivity contribution >= 4 is 31.4 Å². The van der Waals surface area contributed by atoms with Crippen molar-refractivity contribution in [2.75, 3.05) is 0 Å². The van der Waals surface area contributed by atoms with Crippen molar-refractivity contribution in [3.63, 3.8) is 0 Å². The fraction of sp³-hybridized carbons (Fsp3) is 0.130. The molecular formula is C23H23OPSi. The maximum Gasteiger partial charge on any atom is 0.164 e. The largest absolute Gasteiger partial charge is 0.309 e. The molecule has 0 amide bonds. The maximum atomic E-state index is 14.8. The van der Waals surface area contributed by atoms with Gasteiger partial charge in [0.15, 0.2) is 7.14 Å². The summed E-state index contributed by atoms with van der Waals surface area (Å²) in [6.07, 6.45) is 0. The summed E-state index contributed by atoms with van der Waals surface area (Å²) in [6.45, 7) is 6.94. The van der Waals surface area contributed by atoms with E-state index in [1.54, 1.807) is 0 Å². The first kappa shape index (κ1) is 17.3. The molecular weight excluding hydrogens is 351 g/mol. The van der Waals surface area contributed by atoms with E-state index in [0.717, 1.165) is 16.2 Å². The predicted octanol–water partition coefficient (Wildman–Crippen LogP) is 5.65. The summed E-state index contributed by atoms with van der Waals surface area (Å²) in [5, 5.41) is 1.96. The molecule has 3 aromatic carbocycles. The lowest BCUT2D eigenvalue weighted by Crippen LogP contribution is -2.28. The Morgan fingerprint density at radius 2 is 1.23 bits per heavy atom. The molecule has 3 heteroatoms. The van der Waals surface area contributed by atoms with E-state index in [2.05, 4.69) is 62.1 Å². The van der Waals surface area contributed by atoms with Crippen molar-refractivity contribution < 1.29 is 4.57 Å². The Morgan fingerprint density at radius 1 is 0.692 bits per heavy atom. The Labute approximate surface area is 156 Å². The minimum Gasteiger partial charge on any atom is -0.309 e. The van der Waals surface area contributed by atoms with Gasteiger partial charge in [0.1, 0.15) is 0 Å². The van der Waals surface area contributed by atoms with Crippen molar-refractivity contribution in [2.24, 2.45) is 0 Å².